The first kappa shape index (κ1) is 37.8. The Hall–Kier alpha value is -5.06. The summed E-state index contributed by atoms with van der Waals surface area (Å²) in [4.78, 5) is 15.0. The minimum absolute atomic E-state index is 0. The smallest absolute Gasteiger partial charge is 0.514 e. The largest absolute Gasteiger partial charge is 2.00 e. The molecule has 7 heteroatoms. The maximum atomic E-state index is 6.87. The normalized spacial score (nSPS) is 18.5. The number of aromatic nitrogens is 3. The van der Waals surface area contributed by atoms with Gasteiger partial charge in [-0.1, -0.05) is 99.0 Å². The van der Waals surface area contributed by atoms with Crippen LogP contribution in [0, 0.1) is 32.9 Å². The van der Waals surface area contributed by atoms with Crippen molar-refractivity contribution in [1.29, 1.82) is 0 Å². The molecular formula is C49H46N4O2Pt. The molecule has 284 valence electrons. The Morgan fingerprint density at radius 1 is 0.804 bits per heavy atom. The first-order valence-electron chi connectivity index (χ1n) is 19.2. The zero-order valence-corrected chi connectivity index (χ0v) is 35.7. The van der Waals surface area contributed by atoms with E-state index in [0.29, 0.717) is 17.4 Å². The van der Waals surface area contributed by atoms with Gasteiger partial charge < -0.3 is 14.0 Å². The molecule has 56 heavy (non-hydrogen) atoms. The second-order valence-electron chi connectivity index (χ2n) is 17.2. The molecule has 6 nitrogen and oxygen atoms in total. The number of hydrogen-bond donors (Lipinski definition) is 0. The molecule has 9 rings (SSSR count). The van der Waals surface area contributed by atoms with Crippen LogP contribution in [0.5, 0.6) is 11.5 Å². The van der Waals surface area contributed by atoms with Crippen LogP contribution in [0.15, 0.2) is 102 Å². The number of pyridine rings is 2. The molecule has 0 unspecified atom stereocenters. The molecule has 4 aromatic carbocycles. The number of benzene rings is 4. The Bertz CT molecular complexity index is 2710. The number of aliphatic imine (C=N–C) groups is 1. The predicted molar refractivity (Wildman–Crippen MR) is 222 cm³/mol. The van der Waals surface area contributed by atoms with Crippen molar-refractivity contribution < 1.29 is 30.5 Å². The SMILES string of the molecule is Cc1cc(C)c2c(c1)C[C@@H]1OC(c3[c-]c(Oc4[c-]c(-n5c6ccc(C)cc6c6cccnc65)cc(C(C)(C)C)c4)cc(-c4ccccn4)c3)=N[C@@]1(C)C2(C)C.[Pt+2]. The molecule has 0 bridgehead atoms. The van der Waals surface area contributed by atoms with Gasteiger partial charge in [0, 0.05) is 46.5 Å². The number of aryl methyl sites for hydroxylation is 3. The summed E-state index contributed by atoms with van der Waals surface area (Å²) >= 11 is 0. The number of hydrogen-bond acceptors (Lipinski definition) is 5. The monoisotopic (exact) mass is 917 g/mol. The van der Waals surface area contributed by atoms with Gasteiger partial charge in [-0.2, -0.15) is 0 Å². The third kappa shape index (κ3) is 6.18. The summed E-state index contributed by atoms with van der Waals surface area (Å²) in [5.41, 5.74) is 11.9. The summed E-state index contributed by atoms with van der Waals surface area (Å²) in [6.45, 7) is 20.0. The minimum atomic E-state index is -0.482. The number of fused-ring (bicyclic) bond motifs is 5. The fourth-order valence-electron chi connectivity index (χ4n) is 8.88. The van der Waals surface area contributed by atoms with Gasteiger partial charge in [0.1, 0.15) is 17.6 Å². The van der Waals surface area contributed by atoms with E-state index in [1.165, 1.54) is 27.8 Å². The van der Waals surface area contributed by atoms with Gasteiger partial charge in [0.25, 0.3) is 0 Å². The van der Waals surface area contributed by atoms with E-state index >= 15 is 0 Å². The van der Waals surface area contributed by atoms with E-state index < -0.39 is 5.54 Å². The number of ether oxygens (including phenoxy) is 2. The van der Waals surface area contributed by atoms with Crippen LogP contribution in [0.1, 0.15) is 80.5 Å². The summed E-state index contributed by atoms with van der Waals surface area (Å²) in [7, 11) is 0. The van der Waals surface area contributed by atoms with Crippen molar-refractivity contribution in [2.24, 2.45) is 4.99 Å². The van der Waals surface area contributed by atoms with E-state index in [0.717, 1.165) is 56.4 Å². The van der Waals surface area contributed by atoms with Crippen molar-refractivity contribution in [2.45, 2.75) is 91.2 Å². The first-order valence-corrected chi connectivity index (χ1v) is 19.2. The molecule has 2 aliphatic rings. The van der Waals surface area contributed by atoms with Gasteiger partial charge in [0.15, 0.2) is 0 Å². The van der Waals surface area contributed by atoms with Crippen molar-refractivity contribution in [3.8, 4) is 28.4 Å². The quantitative estimate of drug-likeness (QED) is 0.161. The zero-order valence-electron chi connectivity index (χ0n) is 33.4. The Kier molecular flexibility index (Phi) is 9.16. The molecule has 3 aromatic heterocycles. The maximum absolute atomic E-state index is 6.87. The van der Waals surface area contributed by atoms with E-state index in [4.69, 9.17) is 24.4 Å². The molecule has 0 saturated heterocycles. The average Bonchev–Trinajstić information content (AvgIpc) is 3.66. The van der Waals surface area contributed by atoms with Crippen molar-refractivity contribution in [3.05, 3.63) is 148 Å². The summed E-state index contributed by atoms with van der Waals surface area (Å²) < 4.78 is 15.9. The molecule has 1 aliphatic carbocycles. The van der Waals surface area contributed by atoms with Gasteiger partial charge in [0.2, 0.25) is 0 Å². The van der Waals surface area contributed by atoms with E-state index in [1.54, 1.807) is 0 Å². The van der Waals surface area contributed by atoms with Crippen molar-refractivity contribution >= 4 is 27.8 Å². The maximum Gasteiger partial charge on any atom is 2.00 e. The van der Waals surface area contributed by atoms with Crippen LogP contribution in [0.25, 0.3) is 38.9 Å². The molecular weight excluding hydrogens is 872 g/mol. The summed E-state index contributed by atoms with van der Waals surface area (Å²) in [5, 5.41) is 2.26. The van der Waals surface area contributed by atoms with Gasteiger partial charge in [-0.25, -0.2) is 4.98 Å². The number of nitrogens with zero attached hydrogens (tertiary/aromatic N) is 4. The molecule has 0 spiro atoms. The van der Waals surface area contributed by atoms with Crippen LogP contribution in [-0.2, 0) is 43.1 Å². The standard InChI is InChI=1S/C49H46N4O2.Pt/c1-29-15-16-42-40(21-29)39-13-12-18-51-45(39)53(42)36-26-35(47(4,5)6)27-38(28-36)54-37-23-32(41-14-10-11-17-50-41)22-34(24-37)46-52-49(9)43(55-46)25-33-20-30(2)19-31(3)44(33)48(49,7)8;/h10-23,26-27,43H,25H2,1-9H3;/q-2;+2/t43-,49+;/m0./s1. The van der Waals surface area contributed by atoms with Gasteiger partial charge in [-0.15, -0.1) is 29.8 Å². The van der Waals surface area contributed by atoms with Gasteiger partial charge >= 0.3 is 21.1 Å². The van der Waals surface area contributed by atoms with E-state index in [9.17, 15) is 0 Å². The van der Waals surface area contributed by atoms with E-state index in [-0.39, 0.29) is 38.0 Å². The van der Waals surface area contributed by atoms with Crippen LogP contribution >= 0.6 is 0 Å². The van der Waals surface area contributed by atoms with Crippen molar-refractivity contribution in [1.82, 2.24) is 14.5 Å². The topological polar surface area (TPSA) is 61.5 Å². The fraction of sp³-hybridized carbons (Fsp3) is 0.286. The Labute approximate surface area is 344 Å². The molecule has 7 aromatic rings. The third-order valence-corrected chi connectivity index (χ3v) is 11.9. The fourth-order valence-corrected chi connectivity index (χ4v) is 8.88. The summed E-state index contributed by atoms with van der Waals surface area (Å²) in [6.07, 6.45) is 4.33. The van der Waals surface area contributed by atoms with E-state index in [2.05, 4.69) is 134 Å². The zero-order chi connectivity index (χ0) is 38.4. The van der Waals surface area contributed by atoms with Crippen LogP contribution in [0.3, 0.4) is 0 Å². The van der Waals surface area contributed by atoms with E-state index in [1.807, 2.05) is 42.7 Å². The van der Waals surface area contributed by atoms with Crippen LogP contribution in [0.4, 0.5) is 0 Å². The molecule has 4 heterocycles. The summed E-state index contributed by atoms with van der Waals surface area (Å²) in [6, 6.07) is 36.8. The van der Waals surface area contributed by atoms with Gasteiger partial charge in [-0.05, 0) is 86.2 Å². The first-order chi connectivity index (χ1) is 26.2. The predicted octanol–water partition coefficient (Wildman–Crippen LogP) is 11.3. The Balaban J connectivity index is 0.00000441. The molecule has 0 amide bonds. The molecule has 2 atom stereocenters. The summed E-state index contributed by atoms with van der Waals surface area (Å²) in [5.74, 6) is 1.69. The van der Waals surface area contributed by atoms with Gasteiger partial charge in [0.05, 0.1) is 16.7 Å². The molecule has 0 radical (unpaired) electrons. The second kappa shape index (κ2) is 13.6. The third-order valence-electron chi connectivity index (χ3n) is 11.9. The van der Waals surface area contributed by atoms with Crippen molar-refractivity contribution in [3.63, 3.8) is 0 Å². The molecule has 0 fully saturated rings. The van der Waals surface area contributed by atoms with Crippen LogP contribution < -0.4 is 4.74 Å². The van der Waals surface area contributed by atoms with Crippen molar-refractivity contribution in [2.75, 3.05) is 0 Å². The minimum Gasteiger partial charge on any atom is -0.514 e. The second-order valence-corrected chi connectivity index (χ2v) is 17.2. The molecule has 1 aliphatic heterocycles. The van der Waals surface area contributed by atoms with Crippen LogP contribution in [0.2, 0.25) is 0 Å². The Morgan fingerprint density at radius 3 is 2.36 bits per heavy atom. The Morgan fingerprint density at radius 2 is 1.59 bits per heavy atom. The molecule has 0 N–H and O–H groups in total. The average molecular weight is 918 g/mol. The van der Waals surface area contributed by atoms with Crippen LogP contribution in [-0.4, -0.2) is 32.1 Å². The number of rotatable bonds is 5. The van der Waals surface area contributed by atoms with Gasteiger partial charge in [-0.3, -0.25) is 9.98 Å². The molecule has 0 saturated carbocycles.